The Hall–Kier alpha value is -1.42. The first kappa shape index (κ1) is 14.0. The number of hydrogen-bond donors (Lipinski definition) is 1. The molecule has 1 aliphatic carbocycles. The van der Waals surface area contributed by atoms with Crippen LogP contribution in [0.3, 0.4) is 0 Å². The molecule has 1 aliphatic rings. The first-order valence-electron chi connectivity index (χ1n) is 6.94. The van der Waals surface area contributed by atoms with Crippen LogP contribution in [0.15, 0.2) is 24.3 Å². The zero-order valence-electron chi connectivity index (χ0n) is 11.8. The Morgan fingerprint density at radius 2 is 2.21 bits per heavy atom. The van der Waals surface area contributed by atoms with Gasteiger partial charge in [0.05, 0.1) is 4.92 Å². The summed E-state index contributed by atoms with van der Waals surface area (Å²) >= 11 is 0. The molecule has 0 radical (unpaired) electrons. The van der Waals surface area contributed by atoms with Gasteiger partial charge in [0.1, 0.15) is 0 Å². The van der Waals surface area contributed by atoms with E-state index in [2.05, 4.69) is 26.1 Å². The zero-order valence-corrected chi connectivity index (χ0v) is 11.8. The fourth-order valence-corrected chi connectivity index (χ4v) is 3.01. The second kappa shape index (κ2) is 5.29. The first-order valence-corrected chi connectivity index (χ1v) is 6.94. The van der Waals surface area contributed by atoms with Crippen molar-refractivity contribution in [1.82, 2.24) is 5.32 Å². The average Bonchev–Trinajstić information content (AvgIpc) is 2.38. The lowest BCUT2D eigenvalue weighted by Gasteiger charge is -2.53. The zero-order chi connectivity index (χ0) is 14.0. The van der Waals surface area contributed by atoms with Gasteiger partial charge in [0.2, 0.25) is 0 Å². The number of nitro groups is 1. The fourth-order valence-electron chi connectivity index (χ4n) is 3.01. The lowest BCUT2D eigenvalue weighted by molar-refractivity contribution is -0.385. The molecule has 2 unspecified atom stereocenters. The van der Waals surface area contributed by atoms with E-state index in [-0.39, 0.29) is 16.0 Å². The van der Waals surface area contributed by atoms with Gasteiger partial charge in [0.25, 0.3) is 5.69 Å². The molecule has 4 nitrogen and oxygen atoms in total. The first-order chi connectivity index (χ1) is 8.96. The third kappa shape index (κ3) is 2.63. The summed E-state index contributed by atoms with van der Waals surface area (Å²) in [6.45, 7) is 7.69. The highest BCUT2D eigenvalue weighted by atomic mass is 16.6. The smallest absolute Gasteiger partial charge is 0.269 e. The minimum Gasteiger partial charge on any atom is -0.313 e. The van der Waals surface area contributed by atoms with Crippen LogP contribution in [-0.4, -0.2) is 17.5 Å². The summed E-state index contributed by atoms with van der Waals surface area (Å²) in [5.74, 6) is 0.404. The van der Waals surface area contributed by atoms with Crippen LogP contribution in [0.4, 0.5) is 5.69 Å². The molecule has 2 rings (SSSR count). The van der Waals surface area contributed by atoms with Crippen molar-refractivity contribution in [3.63, 3.8) is 0 Å². The topological polar surface area (TPSA) is 55.2 Å². The summed E-state index contributed by atoms with van der Waals surface area (Å²) in [6, 6.07) is 7.59. The molecule has 4 heteroatoms. The summed E-state index contributed by atoms with van der Waals surface area (Å²) in [5, 5.41) is 14.4. The van der Waals surface area contributed by atoms with E-state index in [9.17, 15) is 10.1 Å². The Morgan fingerprint density at radius 3 is 2.79 bits per heavy atom. The quantitative estimate of drug-likeness (QED) is 0.653. The van der Waals surface area contributed by atoms with Crippen LogP contribution in [0.1, 0.15) is 45.1 Å². The molecule has 0 bridgehead atoms. The summed E-state index contributed by atoms with van der Waals surface area (Å²) < 4.78 is 0. The summed E-state index contributed by atoms with van der Waals surface area (Å²) in [7, 11) is 0. The number of nitro benzene ring substituents is 1. The maximum atomic E-state index is 10.8. The van der Waals surface area contributed by atoms with Crippen molar-refractivity contribution < 1.29 is 4.92 Å². The largest absolute Gasteiger partial charge is 0.313 e. The summed E-state index contributed by atoms with van der Waals surface area (Å²) in [6.07, 6.45) is 2.20. The summed E-state index contributed by atoms with van der Waals surface area (Å²) in [4.78, 5) is 10.5. The van der Waals surface area contributed by atoms with Gasteiger partial charge in [-0.25, -0.2) is 0 Å². The van der Waals surface area contributed by atoms with E-state index in [0.717, 1.165) is 24.9 Å². The van der Waals surface area contributed by atoms with Crippen molar-refractivity contribution in [1.29, 1.82) is 0 Å². The molecular weight excluding hydrogens is 240 g/mol. The van der Waals surface area contributed by atoms with Gasteiger partial charge in [-0.15, -0.1) is 0 Å². The Labute approximate surface area is 114 Å². The van der Waals surface area contributed by atoms with Gasteiger partial charge in [-0.2, -0.15) is 0 Å². The van der Waals surface area contributed by atoms with Crippen molar-refractivity contribution in [3.8, 4) is 0 Å². The predicted molar refractivity (Wildman–Crippen MR) is 76.3 cm³/mol. The van der Waals surface area contributed by atoms with Crippen LogP contribution in [0, 0.1) is 15.5 Å². The van der Waals surface area contributed by atoms with E-state index in [1.54, 1.807) is 18.2 Å². The molecule has 0 saturated heterocycles. The fraction of sp³-hybridized carbons (Fsp3) is 0.600. The Kier molecular flexibility index (Phi) is 3.90. The van der Waals surface area contributed by atoms with Crippen LogP contribution in [0.2, 0.25) is 0 Å². The van der Waals surface area contributed by atoms with Crippen LogP contribution >= 0.6 is 0 Å². The lowest BCUT2D eigenvalue weighted by atomic mass is 9.56. The summed E-state index contributed by atoms with van der Waals surface area (Å²) in [5.41, 5.74) is 1.44. The van der Waals surface area contributed by atoms with Gasteiger partial charge in [-0.05, 0) is 36.3 Å². The number of hydrogen-bond acceptors (Lipinski definition) is 3. The number of nitrogens with one attached hydrogen (secondary N) is 1. The number of non-ortho nitro benzene ring substituents is 1. The van der Waals surface area contributed by atoms with Gasteiger partial charge in [0, 0.05) is 18.2 Å². The predicted octanol–water partition coefficient (Wildman–Crippen LogP) is 3.48. The molecule has 1 aromatic carbocycles. The van der Waals surface area contributed by atoms with E-state index in [1.165, 1.54) is 0 Å². The van der Waals surface area contributed by atoms with E-state index in [0.29, 0.717) is 12.0 Å². The SMILES string of the molecule is CCCNC1CC(c2cccc([N+](=O)[O-])c2)C1(C)C. The van der Waals surface area contributed by atoms with Crippen LogP contribution in [0.25, 0.3) is 0 Å². The van der Waals surface area contributed by atoms with Gasteiger partial charge >= 0.3 is 0 Å². The third-order valence-corrected chi connectivity index (χ3v) is 4.39. The van der Waals surface area contributed by atoms with E-state index < -0.39 is 0 Å². The second-order valence-corrected chi connectivity index (χ2v) is 5.97. The molecule has 19 heavy (non-hydrogen) atoms. The van der Waals surface area contributed by atoms with Crippen molar-refractivity contribution in [3.05, 3.63) is 39.9 Å². The van der Waals surface area contributed by atoms with E-state index in [1.807, 2.05) is 6.07 Å². The minimum atomic E-state index is -0.317. The third-order valence-electron chi connectivity index (χ3n) is 4.39. The highest BCUT2D eigenvalue weighted by Gasteiger charge is 2.48. The number of nitrogens with zero attached hydrogens (tertiary/aromatic N) is 1. The molecule has 1 saturated carbocycles. The molecular formula is C15H22N2O2. The minimum absolute atomic E-state index is 0.157. The van der Waals surface area contributed by atoms with Crippen molar-refractivity contribution in [2.75, 3.05) is 6.54 Å². The normalized spacial score (nSPS) is 24.8. The molecule has 2 atom stereocenters. The molecule has 0 amide bonds. The highest BCUT2D eigenvalue weighted by Crippen LogP contribution is 2.52. The van der Waals surface area contributed by atoms with Crippen molar-refractivity contribution in [2.24, 2.45) is 5.41 Å². The Balaban J connectivity index is 2.12. The standard InChI is InChI=1S/C15H22N2O2/c1-4-8-16-14-10-13(15(14,2)3)11-6-5-7-12(9-11)17(18)19/h5-7,9,13-14,16H,4,8,10H2,1-3H3. The molecule has 0 aliphatic heterocycles. The van der Waals surface area contributed by atoms with Gasteiger partial charge in [0.15, 0.2) is 0 Å². The second-order valence-electron chi connectivity index (χ2n) is 5.97. The van der Waals surface area contributed by atoms with E-state index in [4.69, 9.17) is 0 Å². The Morgan fingerprint density at radius 1 is 1.47 bits per heavy atom. The van der Waals surface area contributed by atoms with Crippen LogP contribution in [-0.2, 0) is 0 Å². The molecule has 104 valence electrons. The molecule has 0 heterocycles. The van der Waals surface area contributed by atoms with Gasteiger partial charge in [-0.3, -0.25) is 10.1 Å². The van der Waals surface area contributed by atoms with Crippen molar-refractivity contribution in [2.45, 2.75) is 45.6 Å². The lowest BCUT2D eigenvalue weighted by Crippen LogP contribution is -2.55. The van der Waals surface area contributed by atoms with Crippen LogP contribution in [0.5, 0.6) is 0 Å². The van der Waals surface area contributed by atoms with Gasteiger partial charge < -0.3 is 5.32 Å². The molecule has 1 fully saturated rings. The maximum Gasteiger partial charge on any atom is 0.269 e. The molecule has 1 N–H and O–H groups in total. The van der Waals surface area contributed by atoms with Crippen LogP contribution < -0.4 is 5.32 Å². The average molecular weight is 262 g/mol. The number of rotatable bonds is 5. The molecule has 0 spiro atoms. The number of benzene rings is 1. The van der Waals surface area contributed by atoms with Crippen molar-refractivity contribution >= 4 is 5.69 Å². The molecule has 1 aromatic rings. The highest BCUT2D eigenvalue weighted by molar-refractivity contribution is 5.38. The molecule has 0 aromatic heterocycles. The maximum absolute atomic E-state index is 10.8. The Bertz CT molecular complexity index is 471. The monoisotopic (exact) mass is 262 g/mol. The van der Waals surface area contributed by atoms with Gasteiger partial charge in [-0.1, -0.05) is 32.9 Å². The van der Waals surface area contributed by atoms with E-state index >= 15 is 0 Å².